The Labute approximate surface area is 72.0 Å². The second-order valence-electron chi connectivity index (χ2n) is 2.80. The Morgan fingerprint density at radius 2 is 2.50 bits per heavy atom. The van der Waals surface area contributed by atoms with Gasteiger partial charge in [-0.05, 0) is 13.3 Å². The first kappa shape index (κ1) is 9.42. The lowest BCUT2D eigenvalue weighted by atomic mass is 10.1. The molecule has 0 spiro atoms. The molecule has 1 atom stereocenters. The Hall–Kier alpha value is -0.670. The van der Waals surface area contributed by atoms with Crippen LogP contribution in [0.15, 0.2) is 11.6 Å². The number of carbonyl (C=O) groups excluding carboxylic acids is 1. The monoisotopic (exact) mass is 170 g/mol. The van der Waals surface area contributed by atoms with Gasteiger partial charge in [0.1, 0.15) is 6.10 Å². The van der Waals surface area contributed by atoms with Crippen LogP contribution < -0.4 is 0 Å². The summed E-state index contributed by atoms with van der Waals surface area (Å²) >= 11 is 0. The number of allylic oxidation sites excluding steroid dienone is 1. The van der Waals surface area contributed by atoms with Crippen LogP contribution in [-0.4, -0.2) is 30.2 Å². The van der Waals surface area contributed by atoms with Gasteiger partial charge in [0.25, 0.3) is 0 Å². The third-order valence-electron chi connectivity index (χ3n) is 1.90. The SMILES string of the molecule is CCOCC(O)C1=CCCC1=O. The minimum absolute atomic E-state index is 0.0576. The average Bonchev–Trinajstić information content (AvgIpc) is 2.47. The van der Waals surface area contributed by atoms with Gasteiger partial charge >= 0.3 is 0 Å². The Bertz CT molecular complexity index is 196. The molecule has 0 saturated heterocycles. The van der Waals surface area contributed by atoms with Crippen molar-refractivity contribution in [3.63, 3.8) is 0 Å². The molecule has 3 nitrogen and oxygen atoms in total. The first-order valence-corrected chi connectivity index (χ1v) is 4.24. The molecule has 0 aliphatic heterocycles. The average molecular weight is 170 g/mol. The highest BCUT2D eigenvalue weighted by atomic mass is 16.5. The first-order valence-electron chi connectivity index (χ1n) is 4.24. The maximum Gasteiger partial charge on any atom is 0.161 e. The van der Waals surface area contributed by atoms with Crippen molar-refractivity contribution in [3.8, 4) is 0 Å². The first-order chi connectivity index (χ1) is 5.75. The number of aliphatic hydroxyl groups is 1. The number of ketones is 1. The van der Waals surface area contributed by atoms with Crippen LogP contribution in [0.2, 0.25) is 0 Å². The van der Waals surface area contributed by atoms with E-state index in [9.17, 15) is 9.90 Å². The number of rotatable bonds is 4. The molecule has 0 heterocycles. The summed E-state index contributed by atoms with van der Waals surface area (Å²) in [7, 11) is 0. The fraction of sp³-hybridized carbons (Fsp3) is 0.667. The molecule has 68 valence electrons. The van der Waals surface area contributed by atoms with Gasteiger partial charge in [0.15, 0.2) is 5.78 Å². The van der Waals surface area contributed by atoms with Crippen LogP contribution in [0.3, 0.4) is 0 Å². The number of ether oxygens (including phenoxy) is 1. The molecule has 1 N–H and O–H groups in total. The molecule has 1 aliphatic rings. The van der Waals surface area contributed by atoms with Crippen molar-refractivity contribution in [1.82, 2.24) is 0 Å². The van der Waals surface area contributed by atoms with Crippen molar-refractivity contribution in [2.45, 2.75) is 25.9 Å². The lowest BCUT2D eigenvalue weighted by Gasteiger charge is -2.09. The van der Waals surface area contributed by atoms with E-state index in [1.54, 1.807) is 6.08 Å². The molecule has 0 aromatic heterocycles. The number of Topliss-reactive ketones (excluding diaryl/α,β-unsaturated/α-hetero) is 1. The Balaban J connectivity index is 2.41. The summed E-state index contributed by atoms with van der Waals surface area (Å²) in [5, 5.41) is 9.44. The summed E-state index contributed by atoms with van der Waals surface area (Å²) in [6.07, 6.45) is 2.38. The molecule has 0 aromatic rings. The topological polar surface area (TPSA) is 46.5 Å². The zero-order valence-corrected chi connectivity index (χ0v) is 7.25. The lowest BCUT2D eigenvalue weighted by molar-refractivity contribution is -0.116. The quantitative estimate of drug-likeness (QED) is 0.674. The molecule has 3 heteroatoms. The van der Waals surface area contributed by atoms with Gasteiger partial charge < -0.3 is 9.84 Å². The molecule has 0 radical (unpaired) electrons. The van der Waals surface area contributed by atoms with E-state index in [-0.39, 0.29) is 12.4 Å². The van der Waals surface area contributed by atoms with E-state index in [0.29, 0.717) is 18.6 Å². The van der Waals surface area contributed by atoms with Crippen molar-refractivity contribution >= 4 is 5.78 Å². The number of carbonyl (C=O) groups is 1. The van der Waals surface area contributed by atoms with Gasteiger partial charge in [0.05, 0.1) is 6.61 Å². The second-order valence-corrected chi connectivity index (χ2v) is 2.80. The van der Waals surface area contributed by atoms with Gasteiger partial charge in [-0.2, -0.15) is 0 Å². The van der Waals surface area contributed by atoms with Crippen molar-refractivity contribution in [2.24, 2.45) is 0 Å². The molecule has 12 heavy (non-hydrogen) atoms. The van der Waals surface area contributed by atoms with Crippen LogP contribution in [0.1, 0.15) is 19.8 Å². The highest BCUT2D eigenvalue weighted by Gasteiger charge is 2.21. The Morgan fingerprint density at radius 1 is 1.75 bits per heavy atom. The van der Waals surface area contributed by atoms with Gasteiger partial charge in [-0.15, -0.1) is 0 Å². The van der Waals surface area contributed by atoms with Crippen molar-refractivity contribution < 1.29 is 14.6 Å². The maximum atomic E-state index is 11.1. The predicted octanol–water partition coefficient (Wildman–Crippen LogP) is 0.673. The highest BCUT2D eigenvalue weighted by Crippen LogP contribution is 2.17. The number of aliphatic hydroxyl groups excluding tert-OH is 1. The minimum Gasteiger partial charge on any atom is -0.386 e. The van der Waals surface area contributed by atoms with Crippen LogP contribution >= 0.6 is 0 Å². The smallest absolute Gasteiger partial charge is 0.161 e. The summed E-state index contributed by atoms with van der Waals surface area (Å²) in [5.41, 5.74) is 0.531. The van der Waals surface area contributed by atoms with E-state index in [1.807, 2.05) is 6.92 Å². The summed E-state index contributed by atoms with van der Waals surface area (Å²) in [5.74, 6) is 0.0576. The third kappa shape index (κ3) is 2.16. The summed E-state index contributed by atoms with van der Waals surface area (Å²) in [6.45, 7) is 2.66. The zero-order chi connectivity index (χ0) is 8.97. The van der Waals surface area contributed by atoms with E-state index in [4.69, 9.17) is 4.74 Å². The third-order valence-corrected chi connectivity index (χ3v) is 1.90. The minimum atomic E-state index is -0.722. The van der Waals surface area contributed by atoms with Crippen LogP contribution in [0.5, 0.6) is 0 Å². The molecule has 0 fully saturated rings. The Kier molecular flexibility index (Phi) is 3.44. The van der Waals surface area contributed by atoms with E-state index >= 15 is 0 Å². The molecule has 0 saturated carbocycles. The molecule has 0 amide bonds. The number of hydrogen-bond donors (Lipinski definition) is 1. The summed E-state index contributed by atoms with van der Waals surface area (Å²) in [4.78, 5) is 11.1. The van der Waals surface area contributed by atoms with Crippen LogP contribution in [0, 0.1) is 0 Å². The summed E-state index contributed by atoms with van der Waals surface area (Å²) in [6, 6.07) is 0. The molecule has 1 rings (SSSR count). The van der Waals surface area contributed by atoms with E-state index < -0.39 is 6.10 Å². The lowest BCUT2D eigenvalue weighted by Crippen LogP contribution is -2.21. The number of hydrogen-bond acceptors (Lipinski definition) is 3. The standard InChI is InChI=1S/C9H14O3/c1-2-12-6-9(11)7-4-3-5-8(7)10/h4,9,11H,2-3,5-6H2,1H3. The van der Waals surface area contributed by atoms with E-state index in [2.05, 4.69) is 0 Å². The fourth-order valence-electron chi connectivity index (χ4n) is 1.26. The molecular formula is C9H14O3. The van der Waals surface area contributed by atoms with Crippen LogP contribution in [-0.2, 0) is 9.53 Å². The molecule has 0 bridgehead atoms. The summed E-state index contributed by atoms with van der Waals surface area (Å²) < 4.78 is 5.01. The van der Waals surface area contributed by atoms with Crippen LogP contribution in [0.25, 0.3) is 0 Å². The normalized spacial score (nSPS) is 19.5. The molecular weight excluding hydrogens is 156 g/mol. The van der Waals surface area contributed by atoms with E-state index in [1.165, 1.54) is 0 Å². The largest absolute Gasteiger partial charge is 0.386 e. The van der Waals surface area contributed by atoms with Gasteiger partial charge in [-0.25, -0.2) is 0 Å². The fourth-order valence-corrected chi connectivity index (χ4v) is 1.26. The predicted molar refractivity (Wildman–Crippen MR) is 44.8 cm³/mol. The van der Waals surface area contributed by atoms with Gasteiger partial charge in [-0.1, -0.05) is 6.08 Å². The van der Waals surface area contributed by atoms with E-state index in [0.717, 1.165) is 6.42 Å². The van der Waals surface area contributed by atoms with Gasteiger partial charge in [0.2, 0.25) is 0 Å². The zero-order valence-electron chi connectivity index (χ0n) is 7.25. The molecule has 0 aromatic carbocycles. The maximum absolute atomic E-state index is 11.1. The Morgan fingerprint density at radius 3 is 3.00 bits per heavy atom. The van der Waals surface area contributed by atoms with Crippen molar-refractivity contribution in [1.29, 1.82) is 0 Å². The van der Waals surface area contributed by atoms with Crippen molar-refractivity contribution in [3.05, 3.63) is 11.6 Å². The second kappa shape index (κ2) is 4.38. The molecule has 1 unspecified atom stereocenters. The van der Waals surface area contributed by atoms with Gasteiger partial charge in [0, 0.05) is 18.6 Å². The van der Waals surface area contributed by atoms with Gasteiger partial charge in [-0.3, -0.25) is 4.79 Å². The molecule has 1 aliphatic carbocycles. The van der Waals surface area contributed by atoms with Crippen molar-refractivity contribution in [2.75, 3.05) is 13.2 Å². The van der Waals surface area contributed by atoms with Crippen LogP contribution in [0.4, 0.5) is 0 Å². The highest BCUT2D eigenvalue weighted by molar-refractivity contribution is 5.98.